The van der Waals surface area contributed by atoms with Crippen LogP contribution in [0.2, 0.25) is 5.02 Å². The average Bonchev–Trinajstić information content (AvgIpc) is 2.60. The van der Waals surface area contributed by atoms with E-state index in [-0.39, 0.29) is 22.4 Å². The second-order valence-corrected chi connectivity index (χ2v) is 8.46. The van der Waals surface area contributed by atoms with Gasteiger partial charge >= 0.3 is 5.97 Å². The first-order valence-electron chi connectivity index (χ1n) is 8.15. The monoisotopic (exact) mass is 408 g/mol. The van der Waals surface area contributed by atoms with Crippen LogP contribution in [-0.4, -0.2) is 31.4 Å². The molecule has 1 aliphatic rings. The molecule has 0 aliphatic heterocycles. The molecule has 27 heavy (non-hydrogen) atoms. The van der Waals surface area contributed by atoms with Gasteiger partial charge in [-0.1, -0.05) is 17.7 Å². The molecule has 0 saturated heterocycles. The van der Waals surface area contributed by atoms with E-state index in [4.69, 9.17) is 17.3 Å². The maximum absolute atomic E-state index is 12.6. The van der Waals surface area contributed by atoms with Crippen LogP contribution >= 0.6 is 11.6 Å². The number of hydrogen-bond donors (Lipinski definition) is 3. The van der Waals surface area contributed by atoms with Gasteiger partial charge < -0.3 is 10.8 Å². The number of sulfonamides is 1. The third-order valence-electron chi connectivity index (χ3n) is 4.55. The summed E-state index contributed by atoms with van der Waals surface area (Å²) in [7, 11) is -3.78. The van der Waals surface area contributed by atoms with Crippen LogP contribution < -0.4 is 10.5 Å². The van der Waals surface area contributed by atoms with Crippen LogP contribution in [0.25, 0.3) is 0 Å². The summed E-state index contributed by atoms with van der Waals surface area (Å²) in [4.78, 5) is 23.3. The Morgan fingerprint density at radius 3 is 2.41 bits per heavy atom. The van der Waals surface area contributed by atoms with Gasteiger partial charge in [0.05, 0.1) is 16.0 Å². The molecular formula is C18H17ClN2O5S. The number of primary amides is 1. The SMILES string of the molecule is NC(=O)c1c(C(=O)O)ccc2c1CC(NS(=O)(=O)c1ccc(Cl)cc1)CC2. The zero-order chi connectivity index (χ0) is 19.8. The molecule has 0 bridgehead atoms. The molecule has 0 heterocycles. The van der Waals surface area contributed by atoms with Crippen molar-refractivity contribution in [3.05, 3.63) is 63.7 Å². The van der Waals surface area contributed by atoms with Crippen molar-refractivity contribution in [2.75, 3.05) is 0 Å². The van der Waals surface area contributed by atoms with E-state index in [1.807, 2.05) is 0 Å². The van der Waals surface area contributed by atoms with Crippen molar-refractivity contribution in [2.24, 2.45) is 5.73 Å². The Balaban J connectivity index is 1.92. The van der Waals surface area contributed by atoms with E-state index in [1.165, 1.54) is 30.3 Å². The number of aromatic carboxylic acids is 1. The molecule has 0 spiro atoms. The summed E-state index contributed by atoms with van der Waals surface area (Å²) in [5.74, 6) is -2.10. The van der Waals surface area contributed by atoms with Crippen molar-refractivity contribution in [2.45, 2.75) is 30.2 Å². The normalized spacial score (nSPS) is 16.6. The van der Waals surface area contributed by atoms with Crippen LogP contribution in [0.15, 0.2) is 41.3 Å². The van der Waals surface area contributed by atoms with Crippen LogP contribution in [-0.2, 0) is 22.9 Å². The lowest BCUT2D eigenvalue weighted by atomic mass is 9.83. The molecule has 1 aliphatic carbocycles. The van der Waals surface area contributed by atoms with E-state index in [9.17, 15) is 23.1 Å². The number of carbonyl (C=O) groups is 2. The van der Waals surface area contributed by atoms with Crippen molar-refractivity contribution in [3.8, 4) is 0 Å². The highest BCUT2D eigenvalue weighted by Gasteiger charge is 2.29. The summed E-state index contributed by atoms with van der Waals surface area (Å²) < 4.78 is 27.8. The number of rotatable bonds is 5. The molecule has 1 unspecified atom stereocenters. The van der Waals surface area contributed by atoms with Gasteiger partial charge in [0.25, 0.3) is 0 Å². The molecule has 0 radical (unpaired) electrons. The Kier molecular flexibility index (Phi) is 5.23. The Morgan fingerprint density at radius 1 is 1.15 bits per heavy atom. The molecule has 1 atom stereocenters. The number of amides is 1. The summed E-state index contributed by atoms with van der Waals surface area (Å²) >= 11 is 5.79. The van der Waals surface area contributed by atoms with E-state index < -0.39 is 27.9 Å². The maximum Gasteiger partial charge on any atom is 0.336 e. The Bertz CT molecular complexity index is 1020. The van der Waals surface area contributed by atoms with Gasteiger partial charge in [-0.15, -0.1) is 0 Å². The number of nitrogens with one attached hydrogen (secondary N) is 1. The number of hydrogen-bond acceptors (Lipinski definition) is 4. The summed E-state index contributed by atoms with van der Waals surface area (Å²) in [6.07, 6.45) is 1.20. The molecule has 0 fully saturated rings. The Labute approximate surface area is 161 Å². The minimum absolute atomic E-state index is 0.0598. The fourth-order valence-electron chi connectivity index (χ4n) is 3.30. The van der Waals surface area contributed by atoms with Crippen molar-refractivity contribution >= 4 is 33.5 Å². The van der Waals surface area contributed by atoms with Crippen LogP contribution in [0.1, 0.15) is 38.3 Å². The van der Waals surface area contributed by atoms with Crippen molar-refractivity contribution < 1.29 is 23.1 Å². The third-order valence-corrected chi connectivity index (χ3v) is 6.33. The lowest BCUT2D eigenvalue weighted by Gasteiger charge is -2.27. The Hall–Kier alpha value is -2.42. The molecule has 3 rings (SSSR count). The predicted molar refractivity (Wildman–Crippen MR) is 99.5 cm³/mol. The first-order valence-corrected chi connectivity index (χ1v) is 10.0. The first-order chi connectivity index (χ1) is 12.7. The number of nitrogens with two attached hydrogens (primary N) is 1. The quantitative estimate of drug-likeness (QED) is 0.697. The van der Waals surface area contributed by atoms with Gasteiger partial charge in [0.1, 0.15) is 0 Å². The third kappa shape index (κ3) is 3.97. The molecule has 0 aromatic heterocycles. The number of fused-ring (bicyclic) bond motifs is 1. The molecule has 4 N–H and O–H groups in total. The fourth-order valence-corrected chi connectivity index (χ4v) is 4.69. The summed E-state index contributed by atoms with van der Waals surface area (Å²) in [6, 6.07) is 8.29. The van der Waals surface area contributed by atoms with E-state index in [0.29, 0.717) is 23.4 Å². The fraction of sp³-hybridized carbons (Fsp3) is 0.222. The maximum atomic E-state index is 12.6. The molecule has 9 heteroatoms. The smallest absolute Gasteiger partial charge is 0.336 e. The molecule has 0 saturated carbocycles. The van der Waals surface area contributed by atoms with Crippen molar-refractivity contribution in [1.29, 1.82) is 0 Å². The van der Waals surface area contributed by atoms with Gasteiger partial charge in [0.2, 0.25) is 15.9 Å². The zero-order valence-electron chi connectivity index (χ0n) is 14.1. The number of carboxylic acids is 1. The minimum atomic E-state index is -3.78. The van der Waals surface area contributed by atoms with Crippen molar-refractivity contribution in [1.82, 2.24) is 4.72 Å². The van der Waals surface area contributed by atoms with Gasteiger partial charge in [0, 0.05) is 11.1 Å². The van der Waals surface area contributed by atoms with Crippen molar-refractivity contribution in [3.63, 3.8) is 0 Å². The van der Waals surface area contributed by atoms with E-state index in [1.54, 1.807) is 6.07 Å². The topological polar surface area (TPSA) is 127 Å². The molecule has 142 valence electrons. The highest BCUT2D eigenvalue weighted by Crippen LogP contribution is 2.28. The highest BCUT2D eigenvalue weighted by atomic mass is 35.5. The number of carboxylic acid groups (broad SMARTS) is 1. The van der Waals surface area contributed by atoms with Crippen LogP contribution in [0.3, 0.4) is 0 Å². The summed E-state index contributed by atoms with van der Waals surface area (Å²) in [5.41, 5.74) is 6.45. The Morgan fingerprint density at radius 2 is 1.81 bits per heavy atom. The van der Waals surface area contributed by atoms with Crippen LogP contribution in [0.4, 0.5) is 0 Å². The second-order valence-electron chi connectivity index (χ2n) is 6.31. The van der Waals surface area contributed by atoms with Gasteiger partial charge in [-0.3, -0.25) is 4.79 Å². The predicted octanol–water partition coefficient (Wildman–Crippen LogP) is 1.97. The van der Waals surface area contributed by atoms with Gasteiger partial charge in [-0.25, -0.2) is 17.9 Å². The molecule has 7 nitrogen and oxygen atoms in total. The number of halogens is 1. The number of benzene rings is 2. The highest BCUT2D eigenvalue weighted by molar-refractivity contribution is 7.89. The summed E-state index contributed by atoms with van der Waals surface area (Å²) in [6.45, 7) is 0. The zero-order valence-corrected chi connectivity index (χ0v) is 15.7. The number of carbonyl (C=O) groups excluding carboxylic acids is 1. The first kappa shape index (κ1) is 19.3. The number of aryl methyl sites for hydroxylation is 1. The minimum Gasteiger partial charge on any atom is -0.478 e. The molecular weight excluding hydrogens is 392 g/mol. The largest absolute Gasteiger partial charge is 0.478 e. The van der Waals surface area contributed by atoms with Gasteiger partial charge in [-0.05, 0) is 60.7 Å². The molecule has 2 aromatic rings. The molecule has 2 aromatic carbocycles. The second kappa shape index (κ2) is 7.30. The lowest BCUT2D eigenvalue weighted by molar-refractivity contribution is 0.0691. The summed E-state index contributed by atoms with van der Waals surface area (Å²) in [5, 5.41) is 9.73. The van der Waals surface area contributed by atoms with E-state index in [0.717, 1.165) is 5.56 Å². The van der Waals surface area contributed by atoms with E-state index in [2.05, 4.69) is 4.72 Å². The van der Waals surface area contributed by atoms with Gasteiger partial charge in [-0.2, -0.15) is 0 Å². The van der Waals surface area contributed by atoms with Crippen LogP contribution in [0, 0.1) is 0 Å². The van der Waals surface area contributed by atoms with Gasteiger partial charge in [0.15, 0.2) is 0 Å². The standard InChI is InChI=1S/C18H17ClN2O5S/c19-11-3-6-13(7-4-11)27(25,26)21-12-5-1-10-2-8-14(18(23)24)16(17(20)22)15(10)9-12/h2-4,6-8,12,21H,1,5,9H2,(H2,20,22)(H,23,24). The lowest BCUT2D eigenvalue weighted by Crippen LogP contribution is -2.39. The average molecular weight is 409 g/mol. The molecule has 1 amide bonds. The van der Waals surface area contributed by atoms with E-state index >= 15 is 0 Å². The van der Waals surface area contributed by atoms with Crippen LogP contribution in [0.5, 0.6) is 0 Å².